The van der Waals surface area contributed by atoms with Gasteiger partial charge in [0.2, 0.25) is 5.91 Å². The second kappa shape index (κ2) is 12.8. The quantitative estimate of drug-likeness (QED) is 0.303. The summed E-state index contributed by atoms with van der Waals surface area (Å²) < 4.78 is 11.7. The Kier molecular flexibility index (Phi) is 8.79. The standard InChI is InChI=1S/C33H34N2O6/c1-21(40-19-22-10-3-2-4-11-22)30(31(36)34-24-13-9-12-23(18-24)32(37)38)35-33(39)41-20-29-27-16-7-5-14-25(27)26-15-6-8-17-28(26)29/h2-11,13-17,21,23-24,29-30H,12,18-20H2,1H3,(H,34,36)(H,35,39)(H,37,38)/t21-,23?,24?,30+/m0/s1. The predicted molar refractivity (Wildman–Crippen MR) is 154 cm³/mol. The molecule has 8 heteroatoms. The lowest BCUT2D eigenvalue weighted by molar-refractivity contribution is -0.142. The van der Waals surface area contributed by atoms with E-state index in [1.165, 1.54) is 0 Å². The van der Waals surface area contributed by atoms with Crippen LogP contribution >= 0.6 is 0 Å². The van der Waals surface area contributed by atoms with Crippen LogP contribution in [0.15, 0.2) is 91.0 Å². The van der Waals surface area contributed by atoms with E-state index in [4.69, 9.17) is 9.47 Å². The van der Waals surface area contributed by atoms with E-state index in [1.807, 2.05) is 66.7 Å². The van der Waals surface area contributed by atoms with Crippen molar-refractivity contribution in [3.63, 3.8) is 0 Å². The van der Waals surface area contributed by atoms with Crippen LogP contribution in [0.2, 0.25) is 0 Å². The maximum atomic E-state index is 13.4. The largest absolute Gasteiger partial charge is 0.481 e. The molecule has 0 aliphatic heterocycles. The van der Waals surface area contributed by atoms with Gasteiger partial charge in [-0.1, -0.05) is 91.0 Å². The summed E-state index contributed by atoms with van der Waals surface area (Å²) in [7, 11) is 0. The van der Waals surface area contributed by atoms with Crippen LogP contribution in [0.3, 0.4) is 0 Å². The molecule has 2 aliphatic rings. The molecule has 3 aromatic carbocycles. The minimum Gasteiger partial charge on any atom is -0.481 e. The van der Waals surface area contributed by atoms with Gasteiger partial charge in [0.05, 0.1) is 18.6 Å². The van der Waals surface area contributed by atoms with E-state index in [1.54, 1.807) is 19.1 Å². The van der Waals surface area contributed by atoms with E-state index in [9.17, 15) is 19.5 Å². The fourth-order valence-electron chi connectivity index (χ4n) is 5.53. The monoisotopic (exact) mass is 554 g/mol. The predicted octanol–water partition coefficient (Wildman–Crippen LogP) is 5.03. The van der Waals surface area contributed by atoms with Gasteiger partial charge in [0.15, 0.2) is 0 Å². The van der Waals surface area contributed by atoms with Crippen molar-refractivity contribution in [1.29, 1.82) is 0 Å². The minimum atomic E-state index is -1.06. The molecule has 0 bridgehead atoms. The fourth-order valence-corrected chi connectivity index (χ4v) is 5.53. The molecule has 0 saturated heterocycles. The first kappa shape index (κ1) is 28.1. The van der Waals surface area contributed by atoms with Crippen molar-refractivity contribution in [2.45, 2.75) is 50.5 Å². The molecule has 0 heterocycles. The molecule has 3 N–H and O–H groups in total. The molecule has 2 aliphatic carbocycles. The van der Waals surface area contributed by atoms with Crippen LogP contribution < -0.4 is 10.6 Å². The first-order chi connectivity index (χ1) is 19.9. The number of ether oxygens (including phenoxy) is 2. The maximum absolute atomic E-state index is 13.4. The lowest BCUT2D eigenvalue weighted by Gasteiger charge is -2.28. The Morgan fingerprint density at radius 2 is 1.56 bits per heavy atom. The number of aliphatic carboxylic acids is 1. The Labute approximate surface area is 239 Å². The molecule has 0 fully saturated rings. The highest BCUT2D eigenvalue weighted by atomic mass is 16.5. The SMILES string of the molecule is C[C@H](OCc1ccccc1)[C@@H](NC(=O)OCC1c2ccccc2-c2ccccc21)C(=O)NC1C=CCC(C(=O)O)C1. The summed E-state index contributed by atoms with van der Waals surface area (Å²) in [6, 6.07) is 24.1. The molecule has 0 radical (unpaired) electrons. The van der Waals surface area contributed by atoms with Gasteiger partial charge in [-0.05, 0) is 47.6 Å². The number of allylic oxidation sites excluding steroid dienone is 1. The minimum absolute atomic E-state index is 0.110. The van der Waals surface area contributed by atoms with Crippen LogP contribution in [0.1, 0.15) is 42.4 Å². The summed E-state index contributed by atoms with van der Waals surface area (Å²) in [5, 5.41) is 15.0. The second-order valence-corrected chi connectivity index (χ2v) is 10.5. The van der Waals surface area contributed by atoms with Gasteiger partial charge in [0.1, 0.15) is 12.6 Å². The number of hydrogen-bond donors (Lipinski definition) is 3. The zero-order valence-electron chi connectivity index (χ0n) is 22.9. The van der Waals surface area contributed by atoms with E-state index < -0.39 is 42.1 Å². The van der Waals surface area contributed by atoms with Crippen LogP contribution in [-0.4, -0.2) is 47.9 Å². The lowest BCUT2D eigenvalue weighted by atomic mass is 9.91. The van der Waals surface area contributed by atoms with Crippen LogP contribution in [0.4, 0.5) is 4.79 Å². The van der Waals surface area contributed by atoms with E-state index in [-0.39, 0.29) is 25.6 Å². The molecule has 3 aromatic rings. The number of carboxylic acids is 1. The molecule has 2 unspecified atom stereocenters. The fraction of sp³-hybridized carbons (Fsp3) is 0.303. The van der Waals surface area contributed by atoms with Gasteiger partial charge in [0.25, 0.3) is 0 Å². The van der Waals surface area contributed by atoms with Gasteiger partial charge in [-0.15, -0.1) is 0 Å². The lowest BCUT2D eigenvalue weighted by Crippen LogP contribution is -2.55. The number of hydrogen-bond acceptors (Lipinski definition) is 5. The molecule has 0 aromatic heterocycles. The van der Waals surface area contributed by atoms with Gasteiger partial charge in [-0.3, -0.25) is 9.59 Å². The third-order valence-corrected chi connectivity index (χ3v) is 7.73. The Morgan fingerprint density at radius 3 is 2.22 bits per heavy atom. The topological polar surface area (TPSA) is 114 Å². The average molecular weight is 555 g/mol. The molecular formula is C33H34N2O6. The van der Waals surface area contributed by atoms with Gasteiger partial charge in [0, 0.05) is 12.0 Å². The maximum Gasteiger partial charge on any atom is 0.407 e. The normalized spacial score (nSPS) is 19.0. The summed E-state index contributed by atoms with van der Waals surface area (Å²) in [6.45, 7) is 2.08. The Bertz CT molecular complexity index is 1380. The summed E-state index contributed by atoms with van der Waals surface area (Å²) >= 11 is 0. The van der Waals surface area contributed by atoms with Crippen LogP contribution in [0, 0.1) is 5.92 Å². The first-order valence-corrected chi connectivity index (χ1v) is 13.9. The number of benzene rings is 3. The molecule has 8 nitrogen and oxygen atoms in total. The highest BCUT2D eigenvalue weighted by molar-refractivity contribution is 5.87. The highest BCUT2D eigenvalue weighted by Gasteiger charge is 2.33. The Balaban J connectivity index is 1.26. The highest BCUT2D eigenvalue weighted by Crippen LogP contribution is 2.44. The third-order valence-electron chi connectivity index (χ3n) is 7.73. The number of amides is 2. The summed E-state index contributed by atoms with van der Waals surface area (Å²) in [5.74, 6) is -2.07. The van der Waals surface area contributed by atoms with Crippen LogP contribution in [0.5, 0.6) is 0 Å². The van der Waals surface area contributed by atoms with Crippen molar-refractivity contribution in [2.24, 2.45) is 5.92 Å². The molecule has 4 atom stereocenters. The summed E-state index contributed by atoms with van der Waals surface area (Å²) in [5.41, 5.74) is 5.36. The molecule has 0 spiro atoms. The molecule has 212 valence electrons. The van der Waals surface area contributed by atoms with Crippen molar-refractivity contribution in [2.75, 3.05) is 6.61 Å². The molecule has 5 rings (SSSR count). The molecular weight excluding hydrogens is 520 g/mol. The average Bonchev–Trinajstić information content (AvgIpc) is 3.31. The molecule has 2 amide bonds. The van der Waals surface area contributed by atoms with Crippen molar-refractivity contribution in [3.05, 3.63) is 108 Å². The van der Waals surface area contributed by atoms with Crippen molar-refractivity contribution in [3.8, 4) is 11.1 Å². The van der Waals surface area contributed by atoms with Gasteiger partial charge >= 0.3 is 12.1 Å². The van der Waals surface area contributed by atoms with Crippen LogP contribution in [-0.2, 0) is 25.7 Å². The number of fused-ring (bicyclic) bond motifs is 3. The van der Waals surface area contributed by atoms with Crippen molar-refractivity contribution in [1.82, 2.24) is 10.6 Å². The van der Waals surface area contributed by atoms with E-state index in [0.29, 0.717) is 6.42 Å². The zero-order valence-corrected chi connectivity index (χ0v) is 22.9. The van der Waals surface area contributed by atoms with Gasteiger partial charge < -0.3 is 25.2 Å². The third kappa shape index (κ3) is 6.66. The van der Waals surface area contributed by atoms with E-state index in [0.717, 1.165) is 27.8 Å². The smallest absolute Gasteiger partial charge is 0.407 e. The molecule has 41 heavy (non-hydrogen) atoms. The second-order valence-electron chi connectivity index (χ2n) is 10.5. The number of nitrogens with one attached hydrogen (secondary N) is 2. The van der Waals surface area contributed by atoms with Crippen molar-refractivity contribution >= 4 is 18.0 Å². The van der Waals surface area contributed by atoms with E-state index in [2.05, 4.69) is 22.8 Å². The Morgan fingerprint density at radius 1 is 0.927 bits per heavy atom. The summed E-state index contributed by atoms with van der Waals surface area (Å²) in [6.07, 6.45) is 2.81. The van der Waals surface area contributed by atoms with Gasteiger partial charge in [-0.25, -0.2) is 4.79 Å². The number of carbonyl (C=O) groups excluding carboxylic acids is 2. The Hall–Kier alpha value is -4.43. The first-order valence-electron chi connectivity index (χ1n) is 13.9. The van der Waals surface area contributed by atoms with Crippen molar-refractivity contribution < 1.29 is 29.0 Å². The number of alkyl carbamates (subject to hydrolysis) is 1. The zero-order chi connectivity index (χ0) is 28.8. The molecule has 0 saturated carbocycles. The number of rotatable bonds is 10. The number of carbonyl (C=O) groups is 3. The van der Waals surface area contributed by atoms with E-state index >= 15 is 0 Å². The van der Waals surface area contributed by atoms with Crippen LogP contribution in [0.25, 0.3) is 11.1 Å². The number of carboxylic acid groups (broad SMARTS) is 1. The van der Waals surface area contributed by atoms with Gasteiger partial charge in [-0.2, -0.15) is 0 Å². The summed E-state index contributed by atoms with van der Waals surface area (Å²) in [4.78, 5) is 38.0.